The number of rotatable bonds is 0. The van der Waals surface area contributed by atoms with Crippen molar-refractivity contribution in [1.82, 2.24) is 0 Å². The Kier molecular flexibility index (Phi) is 3.11. The Labute approximate surface area is 95.4 Å². The second kappa shape index (κ2) is 4.72. The molecule has 0 radical (unpaired) electrons. The van der Waals surface area contributed by atoms with E-state index >= 15 is 0 Å². The van der Waals surface area contributed by atoms with Crippen molar-refractivity contribution in [1.29, 1.82) is 0 Å². The van der Waals surface area contributed by atoms with Crippen LogP contribution in [0.1, 0.15) is 11.1 Å². The average molecular weight is 210 g/mol. The summed E-state index contributed by atoms with van der Waals surface area (Å²) < 4.78 is 0. The molecule has 15 heavy (non-hydrogen) atoms. The van der Waals surface area contributed by atoms with Gasteiger partial charge in [-0.2, -0.15) is 0 Å². The molecule has 0 atom stereocenters. The van der Waals surface area contributed by atoms with Gasteiger partial charge in [-0.3, -0.25) is 0 Å². The van der Waals surface area contributed by atoms with Crippen LogP contribution in [-0.2, 0) is 0 Å². The van der Waals surface area contributed by atoms with E-state index in [9.17, 15) is 0 Å². The fraction of sp³-hybridized carbons (Fsp3) is 0. The molecular weight excluding hydrogens is 200 g/mol. The zero-order chi connectivity index (χ0) is 10.5. The third-order valence-electron chi connectivity index (χ3n) is 1.99. The Bertz CT molecular complexity index is 486. The smallest absolute Gasteiger partial charge is 0.0249 e. The van der Waals surface area contributed by atoms with Crippen molar-refractivity contribution in [2.45, 2.75) is 4.90 Å². The Hall–Kier alpha value is -1.65. The summed E-state index contributed by atoms with van der Waals surface area (Å²) in [5.74, 6) is 6.21. The Balaban J connectivity index is 2.22. The lowest BCUT2D eigenvalue weighted by atomic mass is 10.2. The fourth-order valence-corrected chi connectivity index (χ4v) is 1.36. The summed E-state index contributed by atoms with van der Waals surface area (Å²) in [6, 6.07) is 17.8. The molecule has 0 unspecified atom stereocenters. The minimum atomic E-state index is 0.959. The van der Waals surface area contributed by atoms with Crippen molar-refractivity contribution < 1.29 is 0 Å². The predicted octanol–water partition coefficient (Wildman–Crippen LogP) is 3.38. The molecule has 0 N–H and O–H groups in total. The van der Waals surface area contributed by atoms with Crippen LogP contribution in [0.25, 0.3) is 0 Å². The summed E-state index contributed by atoms with van der Waals surface area (Å²) in [5.41, 5.74) is 2.05. The minimum absolute atomic E-state index is 0.959. The summed E-state index contributed by atoms with van der Waals surface area (Å²) in [4.78, 5) is 0.959. The molecule has 1 heteroatoms. The van der Waals surface area contributed by atoms with Gasteiger partial charge in [0.2, 0.25) is 0 Å². The third-order valence-corrected chi connectivity index (χ3v) is 2.29. The highest BCUT2D eigenvalue weighted by molar-refractivity contribution is 7.80. The highest BCUT2D eigenvalue weighted by Crippen LogP contribution is 2.06. The normalized spacial score (nSPS) is 9.13. The molecule has 0 heterocycles. The largest absolute Gasteiger partial charge is 0.143 e. The summed E-state index contributed by atoms with van der Waals surface area (Å²) in [6.07, 6.45) is 0. The van der Waals surface area contributed by atoms with E-state index in [1.165, 1.54) is 0 Å². The zero-order valence-electron chi connectivity index (χ0n) is 8.14. The van der Waals surface area contributed by atoms with Gasteiger partial charge in [-0.15, -0.1) is 12.6 Å². The molecule has 0 aliphatic rings. The minimum Gasteiger partial charge on any atom is -0.143 e. The van der Waals surface area contributed by atoms with E-state index in [4.69, 9.17) is 0 Å². The van der Waals surface area contributed by atoms with Gasteiger partial charge >= 0.3 is 0 Å². The Morgan fingerprint density at radius 2 is 1.20 bits per heavy atom. The van der Waals surface area contributed by atoms with E-state index in [0.29, 0.717) is 0 Å². The molecule has 0 bridgehead atoms. The van der Waals surface area contributed by atoms with Gasteiger partial charge in [0.15, 0.2) is 0 Å². The zero-order valence-corrected chi connectivity index (χ0v) is 9.04. The van der Waals surface area contributed by atoms with Gasteiger partial charge in [0.1, 0.15) is 0 Å². The first-order valence-electron chi connectivity index (χ1n) is 4.71. The van der Waals surface area contributed by atoms with Crippen molar-refractivity contribution in [2.24, 2.45) is 0 Å². The van der Waals surface area contributed by atoms with Crippen LogP contribution in [0.4, 0.5) is 0 Å². The second-order valence-corrected chi connectivity index (χ2v) is 3.68. The molecular formula is C14H10S. The first kappa shape index (κ1) is 9.89. The monoisotopic (exact) mass is 210 g/mol. The molecule has 0 nitrogen and oxygen atoms in total. The molecule has 2 aromatic rings. The van der Waals surface area contributed by atoms with E-state index in [-0.39, 0.29) is 0 Å². The molecule has 72 valence electrons. The molecule has 2 rings (SSSR count). The molecule has 0 fully saturated rings. The van der Waals surface area contributed by atoms with E-state index in [1.54, 1.807) is 0 Å². The lowest BCUT2D eigenvalue weighted by molar-refractivity contribution is 1.46. The van der Waals surface area contributed by atoms with Gasteiger partial charge in [0.05, 0.1) is 0 Å². The van der Waals surface area contributed by atoms with Gasteiger partial charge in [0.25, 0.3) is 0 Å². The first-order chi connectivity index (χ1) is 7.34. The first-order valence-corrected chi connectivity index (χ1v) is 5.15. The van der Waals surface area contributed by atoms with Crippen molar-refractivity contribution in [3.63, 3.8) is 0 Å². The summed E-state index contributed by atoms with van der Waals surface area (Å²) in [6.45, 7) is 0. The maximum absolute atomic E-state index is 4.22. The topological polar surface area (TPSA) is 0 Å². The summed E-state index contributed by atoms with van der Waals surface area (Å²) in [7, 11) is 0. The number of hydrogen-bond donors (Lipinski definition) is 1. The van der Waals surface area contributed by atoms with Crippen LogP contribution >= 0.6 is 12.6 Å². The van der Waals surface area contributed by atoms with Crippen LogP contribution in [0.5, 0.6) is 0 Å². The van der Waals surface area contributed by atoms with Gasteiger partial charge in [-0.25, -0.2) is 0 Å². The molecule has 0 aromatic heterocycles. The van der Waals surface area contributed by atoms with Crippen LogP contribution in [0.15, 0.2) is 59.5 Å². The number of hydrogen-bond acceptors (Lipinski definition) is 1. The Morgan fingerprint density at radius 3 is 1.80 bits per heavy atom. The SMILES string of the molecule is Sc1ccc(C#Cc2ccccc2)cc1. The highest BCUT2D eigenvalue weighted by atomic mass is 32.1. The van der Waals surface area contributed by atoms with E-state index < -0.39 is 0 Å². The van der Waals surface area contributed by atoms with Crippen LogP contribution in [0, 0.1) is 11.8 Å². The molecule has 0 spiro atoms. The van der Waals surface area contributed by atoms with Gasteiger partial charge in [0, 0.05) is 16.0 Å². The quantitative estimate of drug-likeness (QED) is 0.500. The van der Waals surface area contributed by atoms with Gasteiger partial charge < -0.3 is 0 Å². The third kappa shape index (κ3) is 2.90. The lowest BCUT2D eigenvalue weighted by Gasteiger charge is -1.91. The van der Waals surface area contributed by atoms with Crippen LogP contribution in [0.3, 0.4) is 0 Å². The maximum atomic E-state index is 4.22. The Morgan fingerprint density at radius 1 is 0.667 bits per heavy atom. The summed E-state index contributed by atoms with van der Waals surface area (Å²) >= 11 is 4.22. The van der Waals surface area contributed by atoms with Crippen LogP contribution < -0.4 is 0 Å². The number of thiol groups is 1. The molecule has 2 aromatic carbocycles. The van der Waals surface area contributed by atoms with E-state index in [1.807, 2.05) is 54.6 Å². The standard InChI is InChI=1S/C14H10S/c15-14-10-8-13(9-11-14)7-6-12-4-2-1-3-5-12/h1-5,8-11,15H. The number of benzene rings is 2. The van der Waals surface area contributed by atoms with Crippen molar-refractivity contribution >= 4 is 12.6 Å². The van der Waals surface area contributed by atoms with Crippen molar-refractivity contribution in [3.8, 4) is 11.8 Å². The lowest BCUT2D eigenvalue weighted by Crippen LogP contribution is -1.75. The van der Waals surface area contributed by atoms with Crippen molar-refractivity contribution in [3.05, 3.63) is 65.7 Å². The van der Waals surface area contributed by atoms with Gasteiger partial charge in [-0.05, 0) is 36.4 Å². The van der Waals surface area contributed by atoms with Crippen LogP contribution in [0.2, 0.25) is 0 Å². The molecule has 0 aliphatic heterocycles. The van der Waals surface area contributed by atoms with Crippen LogP contribution in [-0.4, -0.2) is 0 Å². The second-order valence-electron chi connectivity index (χ2n) is 3.16. The fourth-order valence-electron chi connectivity index (χ4n) is 1.21. The predicted molar refractivity (Wildman–Crippen MR) is 66.1 cm³/mol. The summed E-state index contributed by atoms with van der Waals surface area (Å²) in [5, 5.41) is 0. The maximum Gasteiger partial charge on any atom is 0.0249 e. The molecule has 0 saturated carbocycles. The van der Waals surface area contributed by atoms with E-state index in [2.05, 4.69) is 24.5 Å². The van der Waals surface area contributed by atoms with Crippen molar-refractivity contribution in [2.75, 3.05) is 0 Å². The highest BCUT2D eigenvalue weighted by Gasteiger charge is 1.86. The molecule has 0 saturated heterocycles. The van der Waals surface area contributed by atoms with Gasteiger partial charge in [-0.1, -0.05) is 30.0 Å². The molecule has 0 amide bonds. The van der Waals surface area contributed by atoms with E-state index in [0.717, 1.165) is 16.0 Å². The average Bonchev–Trinajstić information content (AvgIpc) is 2.30. The molecule has 0 aliphatic carbocycles.